The quantitative estimate of drug-likeness (QED) is 0.425. The van der Waals surface area contributed by atoms with Crippen LogP contribution >= 0.6 is 0 Å². The molecule has 0 heterocycles. The van der Waals surface area contributed by atoms with Gasteiger partial charge in [-0.05, 0) is 64.5 Å². The highest BCUT2D eigenvalue weighted by Crippen LogP contribution is 2.48. The molecule has 28 heavy (non-hydrogen) atoms. The van der Waals surface area contributed by atoms with Crippen LogP contribution in [0.25, 0.3) is 5.76 Å². The summed E-state index contributed by atoms with van der Waals surface area (Å²) < 4.78 is 5.69. The minimum absolute atomic E-state index is 0.0961. The van der Waals surface area contributed by atoms with E-state index in [0.29, 0.717) is 17.2 Å². The molecule has 1 aliphatic carbocycles. The molecule has 2 aromatic carbocycles. The van der Waals surface area contributed by atoms with Gasteiger partial charge in [0, 0.05) is 5.56 Å². The van der Waals surface area contributed by atoms with Crippen molar-refractivity contribution in [1.82, 2.24) is 0 Å². The lowest BCUT2D eigenvalue weighted by Gasteiger charge is -2.42. The molecule has 0 saturated carbocycles. The van der Waals surface area contributed by atoms with E-state index >= 15 is 0 Å². The lowest BCUT2D eigenvalue weighted by Crippen LogP contribution is -2.34. The molecule has 2 aromatic rings. The maximum atomic E-state index is 12.5. The molecule has 0 unspecified atom stereocenters. The summed E-state index contributed by atoms with van der Waals surface area (Å²) in [5.41, 5.74) is 5.68. The van der Waals surface area contributed by atoms with Gasteiger partial charge in [0.25, 0.3) is 0 Å². The summed E-state index contributed by atoms with van der Waals surface area (Å²) in [7, 11) is 0. The zero-order valence-electron chi connectivity index (χ0n) is 18.1. The molecule has 0 radical (unpaired) electrons. The molecule has 2 heteroatoms. The molecular formula is C26H32O2. The van der Waals surface area contributed by atoms with Crippen LogP contribution in [-0.4, -0.2) is 5.97 Å². The lowest BCUT2D eigenvalue weighted by molar-refractivity contribution is 0.0692. The molecule has 0 amide bonds. The van der Waals surface area contributed by atoms with Crippen molar-refractivity contribution in [2.75, 3.05) is 0 Å². The number of benzene rings is 2. The van der Waals surface area contributed by atoms with Crippen molar-refractivity contribution in [2.45, 2.75) is 71.1 Å². The van der Waals surface area contributed by atoms with Crippen molar-refractivity contribution in [3.63, 3.8) is 0 Å². The van der Waals surface area contributed by atoms with E-state index in [1.807, 2.05) is 18.2 Å². The second-order valence-corrected chi connectivity index (χ2v) is 9.59. The fourth-order valence-electron chi connectivity index (χ4n) is 4.15. The molecule has 0 aromatic heterocycles. The van der Waals surface area contributed by atoms with Crippen LogP contribution in [0.3, 0.4) is 0 Å². The van der Waals surface area contributed by atoms with E-state index in [4.69, 9.17) is 4.74 Å². The predicted molar refractivity (Wildman–Crippen MR) is 117 cm³/mol. The first-order valence-corrected chi connectivity index (χ1v) is 10.2. The van der Waals surface area contributed by atoms with Crippen LogP contribution in [0.4, 0.5) is 0 Å². The molecule has 0 saturated heterocycles. The number of carbonyl (C=O) groups excluding carboxylic acids is 1. The van der Waals surface area contributed by atoms with Crippen molar-refractivity contribution in [3.8, 4) is 0 Å². The summed E-state index contributed by atoms with van der Waals surface area (Å²) in [6, 6.07) is 13.6. The molecule has 1 aliphatic rings. The molecule has 0 fully saturated rings. The maximum absolute atomic E-state index is 12.5. The predicted octanol–water partition coefficient (Wildman–Crippen LogP) is 6.99. The zero-order chi connectivity index (χ0) is 20.7. The lowest BCUT2D eigenvalue weighted by atomic mass is 9.62. The smallest absolute Gasteiger partial charge is 0.343 e. The number of hydrogen-bond acceptors (Lipinski definition) is 2. The van der Waals surface area contributed by atoms with Crippen LogP contribution < -0.4 is 0 Å². The van der Waals surface area contributed by atoms with Gasteiger partial charge < -0.3 is 4.74 Å². The minimum atomic E-state index is -0.363. The van der Waals surface area contributed by atoms with Crippen molar-refractivity contribution in [2.24, 2.45) is 0 Å². The minimum Gasteiger partial charge on any atom is -0.423 e. The Morgan fingerprint density at radius 3 is 2.04 bits per heavy atom. The molecule has 2 nitrogen and oxygen atoms in total. The molecule has 0 bridgehead atoms. The largest absolute Gasteiger partial charge is 0.423 e. The number of rotatable bonds is 4. The summed E-state index contributed by atoms with van der Waals surface area (Å²) in [6.45, 7) is 17.7. The fraction of sp³-hybridized carbons (Fsp3) is 0.423. The van der Waals surface area contributed by atoms with E-state index in [9.17, 15) is 4.79 Å². The van der Waals surface area contributed by atoms with E-state index in [0.717, 1.165) is 12.0 Å². The van der Waals surface area contributed by atoms with Gasteiger partial charge in [-0.15, -0.1) is 0 Å². The second-order valence-electron chi connectivity index (χ2n) is 9.59. The zero-order valence-corrected chi connectivity index (χ0v) is 18.1. The molecule has 148 valence electrons. The fourth-order valence-corrected chi connectivity index (χ4v) is 4.15. The van der Waals surface area contributed by atoms with Gasteiger partial charge in [-0.25, -0.2) is 4.79 Å². The standard InChI is InChI=1S/C26H32O2/c1-17(2)20-15-22-23(26(6,7)14-13-25(22,4)5)16-21(20)18(3)28-24(27)19-11-9-8-10-12-19/h8-12,15-17H,3,13-14H2,1-2,4-7H3. The number of esters is 1. The number of fused-ring (bicyclic) bond motifs is 1. The Bertz CT molecular complexity index is 902. The van der Waals surface area contributed by atoms with Crippen LogP contribution in [0.2, 0.25) is 0 Å². The van der Waals surface area contributed by atoms with Gasteiger partial charge in [0.2, 0.25) is 0 Å². The Labute approximate surface area is 169 Å². The summed E-state index contributed by atoms with van der Waals surface area (Å²) in [5.74, 6) is 0.380. The highest BCUT2D eigenvalue weighted by molar-refractivity contribution is 5.93. The third-order valence-electron chi connectivity index (χ3n) is 6.17. The molecule has 0 aliphatic heterocycles. The highest BCUT2D eigenvalue weighted by Gasteiger charge is 2.38. The third-order valence-corrected chi connectivity index (χ3v) is 6.17. The summed E-state index contributed by atoms with van der Waals surface area (Å²) in [6.07, 6.45) is 2.32. The molecule has 0 N–H and O–H groups in total. The topological polar surface area (TPSA) is 26.3 Å². The number of hydrogen-bond donors (Lipinski definition) is 0. The Morgan fingerprint density at radius 2 is 1.50 bits per heavy atom. The van der Waals surface area contributed by atoms with Crippen LogP contribution in [0.15, 0.2) is 49.0 Å². The first kappa shape index (κ1) is 20.4. The van der Waals surface area contributed by atoms with Gasteiger partial charge in [0.05, 0.1) is 5.56 Å². The van der Waals surface area contributed by atoms with E-state index in [2.05, 4.69) is 60.3 Å². The third kappa shape index (κ3) is 3.78. The number of carbonyl (C=O) groups is 1. The van der Waals surface area contributed by atoms with Crippen molar-refractivity contribution in [3.05, 3.63) is 76.9 Å². The van der Waals surface area contributed by atoms with E-state index < -0.39 is 0 Å². The maximum Gasteiger partial charge on any atom is 0.343 e. The van der Waals surface area contributed by atoms with E-state index in [-0.39, 0.29) is 16.8 Å². The van der Waals surface area contributed by atoms with Crippen LogP contribution in [0.1, 0.15) is 92.9 Å². The Kier molecular flexibility index (Phi) is 5.27. The average molecular weight is 377 g/mol. The second kappa shape index (κ2) is 7.24. The summed E-state index contributed by atoms with van der Waals surface area (Å²) in [4.78, 5) is 12.5. The summed E-state index contributed by atoms with van der Waals surface area (Å²) >= 11 is 0. The first-order valence-electron chi connectivity index (χ1n) is 10.2. The SMILES string of the molecule is C=C(OC(=O)c1ccccc1)c1cc2c(cc1C(C)C)C(C)(C)CCC2(C)C. The van der Waals surface area contributed by atoms with E-state index in [1.165, 1.54) is 23.1 Å². The average Bonchev–Trinajstić information content (AvgIpc) is 2.65. The molecular weight excluding hydrogens is 344 g/mol. The van der Waals surface area contributed by atoms with E-state index in [1.54, 1.807) is 12.1 Å². The molecule has 0 spiro atoms. The first-order chi connectivity index (χ1) is 13.0. The van der Waals surface area contributed by atoms with Gasteiger partial charge in [0.1, 0.15) is 5.76 Å². The van der Waals surface area contributed by atoms with Crippen molar-refractivity contribution >= 4 is 11.7 Å². The van der Waals surface area contributed by atoms with Crippen molar-refractivity contribution < 1.29 is 9.53 Å². The monoisotopic (exact) mass is 376 g/mol. The van der Waals surface area contributed by atoms with Gasteiger partial charge in [-0.1, -0.05) is 72.4 Å². The van der Waals surface area contributed by atoms with Crippen LogP contribution in [-0.2, 0) is 15.6 Å². The Hall–Kier alpha value is -2.35. The number of ether oxygens (including phenoxy) is 1. The Balaban J connectivity index is 2.05. The van der Waals surface area contributed by atoms with Gasteiger partial charge in [0.15, 0.2) is 0 Å². The highest BCUT2D eigenvalue weighted by atomic mass is 16.5. The Morgan fingerprint density at radius 1 is 0.964 bits per heavy atom. The molecule has 0 atom stereocenters. The van der Waals surface area contributed by atoms with Gasteiger partial charge in [-0.3, -0.25) is 0 Å². The normalized spacial score (nSPS) is 17.1. The molecule has 3 rings (SSSR count). The van der Waals surface area contributed by atoms with Crippen molar-refractivity contribution in [1.29, 1.82) is 0 Å². The summed E-state index contributed by atoms with van der Waals surface area (Å²) in [5, 5.41) is 0. The van der Waals surface area contributed by atoms with Crippen LogP contribution in [0, 0.1) is 0 Å². The van der Waals surface area contributed by atoms with Gasteiger partial charge in [-0.2, -0.15) is 0 Å². The van der Waals surface area contributed by atoms with Crippen LogP contribution in [0.5, 0.6) is 0 Å². The van der Waals surface area contributed by atoms with Gasteiger partial charge >= 0.3 is 5.97 Å².